The Labute approximate surface area is 195 Å². The summed E-state index contributed by atoms with van der Waals surface area (Å²) in [5.41, 5.74) is 0.640. The highest BCUT2D eigenvalue weighted by atomic mass is 32.1. The fraction of sp³-hybridized carbons (Fsp3) is 0.429. The Balaban J connectivity index is 1.36. The molecular formula is C21H25N7O4S. The third-order valence-electron chi connectivity index (χ3n) is 5.38. The molecule has 3 aromatic rings. The predicted molar refractivity (Wildman–Crippen MR) is 122 cm³/mol. The van der Waals surface area contributed by atoms with Crippen LogP contribution in [0, 0.1) is 5.92 Å². The van der Waals surface area contributed by atoms with E-state index in [1.54, 1.807) is 44.8 Å². The van der Waals surface area contributed by atoms with Crippen molar-refractivity contribution in [1.82, 2.24) is 25.4 Å². The minimum absolute atomic E-state index is 0.340. The van der Waals surface area contributed by atoms with Crippen molar-refractivity contribution in [3.8, 4) is 11.5 Å². The van der Waals surface area contributed by atoms with Crippen LogP contribution < -0.4 is 19.7 Å². The van der Waals surface area contributed by atoms with Gasteiger partial charge in [-0.05, 0) is 30.0 Å². The Hall–Kier alpha value is -3.38. The molecule has 0 bridgehead atoms. The normalized spacial score (nSPS) is 16.5. The summed E-state index contributed by atoms with van der Waals surface area (Å²) in [7, 11) is 4.57. The number of anilines is 2. The molecule has 1 N–H and O–H groups in total. The van der Waals surface area contributed by atoms with Gasteiger partial charge in [-0.1, -0.05) is 17.4 Å². The second-order valence-corrected chi connectivity index (χ2v) is 8.53. The van der Waals surface area contributed by atoms with Crippen LogP contribution in [0.15, 0.2) is 30.6 Å². The van der Waals surface area contributed by atoms with Gasteiger partial charge in [-0.2, -0.15) is 5.10 Å². The molecule has 2 atom stereocenters. The highest BCUT2D eigenvalue weighted by Crippen LogP contribution is 2.32. The number of benzene rings is 1. The highest BCUT2D eigenvalue weighted by Gasteiger charge is 2.27. The van der Waals surface area contributed by atoms with E-state index in [2.05, 4.69) is 35.6 Å². The lowest BCUT2D eigenvalue weighted by Crippen LogP contribution is -2.22. The Morgan fingerprint density at radius 1 is 1.18 bits per heavy atom. The lowest BCUT2D eigenvalue weighted by molar-refractivity contribution is -0.126. The Morgan fingerprint density at radius 3 is 2.76 bits per heavy atom. The average molecular weight is 472 g/mol. The van der Waals surface area contributed by atoms with E-state index in [9.17, 15) is 4.79 Å². The van der Waals surface area contributed by atoms with Gasteiger partial charge in [0.15, 0.2) is 17.6 Å². The summed E-state index contributed by atoms with van der Waals surface area (Å²) in [5, 5.41) is 20.5. The van der Waals surface area contributed by atoms with Crippen molar-refractivity contribution < 1.29 is 19.0 Å². The van der Waals surface area contributed by atoms with Crippen LogP contribution in [0.25, 0.3) is 0 Å². The molecule has 1 aliphatic heterocycles. The van der Waals surface area contributed by atoms with E-state index < -0.39 is 6.10 Å². The zero-order chi connectivity index (χ0) is 23.2. The van der Waals surface area contributed by atoms with Gasteiger partial charge in [0.25, 0.3) is 5.91 Å². The summed E-state index contributed by atoms with van der Waals surface area (Å²) >= 11 is 1.37. The molecule has 0 radical (unpaired) electrons. The Kier molecular flexibility index (Phi) is 7.25. The number of amides is 1. The first-order valence-electron chi connectivity index (χ1n) is 10.4. The van der Waals surface area contributed by atoms with Crippen LogP contribution in [0.4, 0.5) is 11.1 Å². The zero-order valence-corrected chi connectivity index (χ0v) is 19.4. The second kappa shape index (κ2) is 10.5. The van der Waals surface area contributed by atoms with Crippen molar-refractivity contribution >= 4 is 28.3 Å². The van der Waals surface area contributed by atoms with Gasteiger partial charge in [-0.15, -0.1) is 15.3 Å². The molecule has 3 heterocycles. The van der Waals surface area contributed by atoms with Crippen molar-refractivity contribution in [2.24, 2.45) is 5.92 Å². The number of carbonyl (C=O) groups is 1. The van der Waals surface area contributed by atoms with Crippen LogP contribution in [-0.4, -0.2) is 65.7 Å². The van der Waals surface area contributed by atoms with Crippen molar-refractivity contribution in [3.05, 3.63) is 41.2 Å². The third-order valence-corrected chi connectivity index (χ3v) is 6.24. The molecular weight excluding hydrogens is 446 g/mol. The number of nitrogens with one attached hydrogen (secondary N) is 1. The van der Waals surface area contributed by atoms with Gasteiger partial charge < -0.3 is 19.1 Å². The molecule has 1 amide bonds. The van der Waals surface area contributed by atoms with Crippen molar-refractivity contribution in [3.63, 3.8) is 0 Å². The largest absolute Gasteiger partial charge is 0.493 e. The maximum atomic E-state index is 12.9. The number of nitrogens with zero attached hydrogens (tertiary/aromatic N) is 6. The van der Waals surface area contributed by atoms with E-state index in [0.29, 0.717) is 34.1 Å². The standard InChI is InChI=1S/C21H25N7O4S/c1-30-15-5-4-14(11-16(15)31-2)18(32-3)19(29)24-21-27-25-17(33-21)10-13-6-9-28(12-13)20-22-7-8-23-26-20/h4-5,7-8,11,13,18H,6,9-10,12H2,1-3H3,(H,24,27,29)/t13-,18+/m0/s1. The smallest absolute Gasteiger partial charge is 0.259 e. The molecule has 1 aromatic carbocycles. The van der Waals surface area contributed by atoms with E-state index in [1.807, 2.05) is 0 Å². The van der Waals surface area contributed by atoms with Gasteiger partial charge in [-0.25, -0.2) is 4.98 Å². The lowest BCUT2D eigenvalue weighted by Gasteiger charge is -2.16. The van der Waals surface area contributed by atoms with Gasteiger partial charge in [0.1, 0.15) is 5.01 Å². The topological polar surface area (TPSA) is 124 Å². The van der Waals surface area contributed by atoms with Gasteiger partial charge in [0.2, 0.25) is 11.1 Å². The molecule has 1 aliphatic rings. The molecule has 1 saturated heterocycles. The molecule has 4 rings (SSSR count). The monoisotopic (exact) mass is 471 g/mol. The average Bonchev–Trinajstić information content (AvgIpc) is 3.49. The van der Waals surface area contributed by atoms with Crippen LogP contribution in [0.2, 0.25) is 0 Å². The van der Waals surface area contributed by atoms with Gasteiger partial charge in [0.05, 0.1) is 26.6 Å². The van der Waals surface area contributed by atoms with Crippen molar-refractivity contribution in [2.45, 2.75) is 18.9 Å². The first-order valence-corrected chi connectivity index (χ1v) is 11.2. The molecule has 0 unspecified atom stereocenters. The summed E-state index contributed by atoms with van der Waals surface area (Å²) in [4.78, 5) is 19.2. The summed E-state index contributed by atoms with van der Waals surface area (Å²) in [6.07, 6.45) is 4.15. The van der Waals surface area contributed by atoms with Gasteiger partial charge in [0, 0.05) is 26.6 Å². The quantitative estimate of drug-likeness (QED) is 0.496. The van der Waals surface area contributed by atoms with Crippen LogP contribution in [0.5, 0.6) is 11.5 Å². The maximum absolute atomic E-state index is 12.9. The van der Waals surface area contributed by atoms with Crippen LogP contribution in [0.3, 0.4) is 0 Å². The highest BCUT2D eigenvalue weighted by molar-refractivity contribution is 7.15. The Morgan fingerprint density at radius 2 is 2.03 bits per heavy atom. The molecule has 2 aromatic heterocycles. The first kappa shape index (κ1) is 22.8. The molecule has 0 spiro atoms. The van der Waals surface area contributed by atoms with Crippen LogP contribution >= 0.6 is 11.3 Å². The third kappa shape index (κ3) is 5.34. The zero-order valence-electron chi connectivity index (χ0n) is 18.6. The minimum Gasteiger partial charge on any atom is -0.493 e. The summed E-state index contributed by atoms with van der Waals surface area (Å²) < 4.78 is 16.0. The maximum Gasteiger partial charge on any atom is 0.259 e. The van der Waals surface area contributed by atoms with E-state index in [0.717, 1.165) is 30.9 Å². The number of ether oxygens (including phenoxy) is 3. The van der Waals surface area contributed by atoms with Crippen LogP contribution in [-0.2, 0) is 16.0 Å². The van der Waals surface area contributed by atoms with E-state index in [4.69, 9.17) is 14.2 Å². The first-order chi connectivity index (χ1) is 16.1. The van der Waals surface area contributed by atoms with Crippen molar-refractivity contribution in [2.75, 3.05) is 44.6 Å². The van der Waals surface area contributed by atoms with E-state index in [-0.39, 0.29) is 5.91 Å². The molecule has 1 fully saturated rings. The molecule has 11 nitrogen and oxygen atoms in total. The van der Waals surface area contributed by atoms with Gasteiger partial charge in [-0.3, -0.25) is 10.1 Å². The number of hydrogen-bond donors (Lipinski definition) is 1. The predicted octanol–water partition coefficient (Wildman–Crippen LogP) is 2.14. The second-order valence-electron chi connectivity index (χ2n) is 7.47. The summed E-state index contributed by atoms with van der Waals surface area (Å²) in [5.74, 6) is 1.80. The minimum atomic E-state index is -0.833. The van der Waals surface area contributed by atoms with Crippen molar-refractivity contribution in [1.29, 1.82) is 0 Å². The fourth-order valence-corrected chi connectivity index (χ4v) is 4.64. The number of carbonyl (C=O) groups excluding carboxylic acids is 1. The molecule has 0 saturated carbocycles. The molecule has 0 aliphatic carbocycles. The number of hydrogen-bond acceptors (Lipinski definition) is 11. The Bertz CT molecular complexity index is 1080. The molecule has 12 heteroatoms. The molecule has 174 valence electrons. The lowest BCUT2D eigenvalue weighted by atomic mass is 10.1. The summed E-state index contributed by atoms with van der Waals surface area (Å²) in [6.45, 7) is 1.71. The number of rotatable bonds is 9. The van der Waals surface area contributed by atoms with Crippen LogP contribution in [0.1, 0.15) is 23.1 Å². The number of aromatic nitrogens is 5. The van der Waals surface area contributed by atoms with Gasteiger partial charge >= 0.3 is 0 Å². The summed E-state index contributed by atoms with van der Waals surface area (Å²) in [6, 6.07) is 5.21. The number of methoxy groups -OCH3 is 3. The van der Waals surface area contributed by atoms with E-state index in [1.165, 1.54) is 18.4 Å². The molecule has 33 heavy (non-hydrogen) atoms. The van der Waals surface area contributed by atoms with E-state index >= 15 is 0 Å². The fourth-order valence-electron chi connectivity index (χ4n) is 3.78. The SMILES string of the molecule is COc1ccc([C@@H](OC)C(=O)Nc2nnc(C[C@@H]3CCN(c4nccnn4)C3)s2)cc1OC.